The van der Waals surface area contributed by atoms with Gasteiger partial charge in [-0.2, -0.15) is 0 Å². The molecule has 3 nitrogen and oxygen atoms in total. The number of rotatable bonds is 5. The van der Waals surface area contributed by atoms with Crippen molar-refractivity contribution < 1.29 is 4.74 Å². The van der Waals surface area contributed by atoms with Crippen LogP contribution in [-0.4, -0.2) is 29.8 Å². The summed E-state index contributed by atoms with van der Waals surface area (Å²) in [6.45, 7) is 1.73. The average molecular weight is 414 g/mol. The van der Waals surface area contributed by atoms with E-state index < -0.39 is 8.07 Å². The number of piperidine rings is 1. The van der Waals surface area contributed by atoms with Crippen molar-refractivity contribution in [3.63, 3.8) is 0 Å². The molecule has 0 spiro atoms. The van der Waals surface area contributed by atoms with E-state index >= 15 is 0 Å². The monoisotopic (exact) mass is 414 g/mol. The Morgan fingerprint density at radius 1 is 0.767 bits per heavy atom. The molecule has 3 aromatic rings. The molecule has 2 aliphatic heterocycles. The molecule has 0 bridgehead atoms. The smallest absolute Gasteiger partial charge is 0.202 e. The van der Waals surface area contributed by atoms with Crippen molar-refractivity contribution in [2.45, 2.75) is 31.3 Å². The lowest BCUT2D eigenvalue weighted by Gasteiger charge is -2.40. The molecule has 2 aliphatic rings. The van der Waals surface area contributed by atoms with Gasteiger partial charge in [0, 0.05) is 14.6 Å². The summed E-state index contributed by atoms with van der Waals surface area (Å²) in [6, 6.07) is 32.8. The molecule has 0 radical (unpaired) electrons. The fourth-order valence-electron chi connectivity index (χ4n) is 4.41. The summed E-state index contributed by atoms with van der Waals surface area (Å²) in [5.41, 5.74) is 1.24. The molecule has 30 heavy (non-hydrogen) atoms. The molecular formula is C26H27N2OP. The normalized spacial score (nSPS) is 22.0. The van der Waals surface area contributed by atoms with E-state index in [9.17, 15) is 0 Å². The largest absolute Gasteiger partial charge is 0.477 e. The molecule has 0 amide bonds. The zero-order chi connectivity index (χ0) is 20.2. The molecule has 0 aromatic heterocycles. The van der Waals surface area contributed by atoms with Gasteiger partial charge in [0.25, 0.3) is 0 Å². The van der Waals surface area contributed by atoms with Crippen LogP contribution in [0.4, 0.5) is 0 Å². The fraction of sp³-hybridized carbons (Fsp3) is 0.269. The summed E-state index contributed by atoms with van der Waals surface area (Å²) in [5, 5.41) is 2.78. The van der Waals surface area contributed by atoms with Gasteiger partial charge < -0.3 is 4.74 Å². The molecular weight excluding hydrogens is 387 g/mol. The molecule has 1 fully saturated rings. The van der Waals surface area contributed by atoms with Crippen LogP contribution in [0.25, 0.3) is 0 Å². The van der Waals surface area contributed by atoms with Crippen LogP contribution in [0.2, 0.25) is 0 Å². The van der Waals surface area contributed by atoms with Crippen molar-refractivity contribution in [2.75, 3.05) is 13.2 Å². The standard InChI is InChI=1S/C26H27N2OP/c1-4-12-21(13-5-1)24-20-29-26(27-24)25-18-10-11-19-28(25)30(22-14-6-2-7-15-22)23-16-8-3-9-17-23/h1-9,12-17,24-25H,10-11,18-20H2/t24-,25+/m0/s1. The quantitative estimate of drug-likeness (QED) is 0.545. The number of hydrogen-bond donors (Lipinski definition) is 0. The first-order valence-electron chi connectivity index (χ1n) is 10.8. The Balaban J connectivity index is 1.49. The maximum absolute atomic E-state index is 6.23. The minimum absolute atomic E-state index is 0.115. The van der Waals surface area contributed by atoms with Crippen molar-refractivity contribution in [3.8, 4) is 0 Å². The first kappa shape index (κ1) is 19.5. The second kappa shape index (κ2) is 9.12. The number of hydrogen-bond acceptors (Lipinski definition) is 3. The highest BCUT2D eigenvalue weighted by molar-refractivity contribution is 7.70. The Kier molecular flexibility index (Phi) is 5.92. The Hall–Kier alpha value is -2.48. The van der Waals surface area contributed by atoms with Gasteiger partial charge in [-0.1, -0.05) is 97.4 Å². The Bertz CT molecular complexity index is 938. The van der Waals surface area contributed by atoms with Crippen LogP contribution in [0, 0.1) is 0 Å². The Morgan fingerprint density at radius 3 is 2.00 bits per heavy atom. The molecule has 2 atom stereocenters. The molecule has 1 saturated heterocycles. The highest BCUT2D eigenvalue weighted by Gasteiger charge is 2.37. The first-order chi connectivity index (χ1) is 14.9. The van der Waals surface area contributed by atoms with Gasteiger partial charge in [0.2, 0.25) is 5.90 Å². The van der Waals surface area contributed by atoms with Crippen molar-refractivity contribution in [3.05, 3.63) is 96.6 Å². The molecule has 152 valence electrons. The summed E-state index contributed by atoms with van der Waals surface area (Å²) in [6.07, 6.45) is 3.57. The molecule has 0 unspecified atom stereocenters. The summed E-state index contributed by atoms with van der Waals surface area (Å²) in [7, 11) is -0.620. The van der Waals surface area contributed by atoms with E-state index in [0.717, 1.165) is 18.9 Å². The second-order valence-electron chi connectivity index (χ2n) is 7.86. The van der Waals surface area contributed by atoms with Crippen molar-refractivity contribution in [1.29, 1.82) is 0 Å². The number of aliphatic imine (C=N–C) groups is 1. The number of benzene rings is 3. The van der Waals surface area contributed by atoms with Gasteiger partial charge in [-0.25, -0.2) is 4.99 Å². The van der Waals surface area contributed by atoms with Crippen molar-refractivity contribution >= 4 is 24.6 Å². The molecule has 5 rings (SSSR count). The van der Waals surface area contributed by atoms with Gasteiger partial charge in [-0.05, 0) is 29.0 Å². The molecule has 3 aromatic carbocycles. The van der Waals surface area contributed by atoms with E-state index in [-0.39, 0.29) is 12.1 Å². The van der Waals surface area contributed by atoms with Gasteiger partial charge in [0.15, 0.2) is 0 Å². The fourth-order valence-corrected chi connectivity index (χ4v) is 7.05. The van der Waals surface area contributed by atoms with Gasteiger partial charge in [-0.3, -0.25) is 4.67 Å². The zero-order valence-corrected chi connectivity index (χ0v) is 18.0. The average Bonchev–Trinajstić information content (AvgIpc) is 3.32. The molecule has 4 heteroatoms. The molecule has 0 N–H and O–H groups in total. The van der Waals surface area contributed by atoms with Crippen molar-refractivity contribution in [2.24, 2.45) is 4.99 Å². The van der Waals surface area contributed by atoms with Gasteiger partial charge in [0.05, 0.1) is 6.04 Å². The van der Waals surface area contributed by atoms with Crippen LogP contribution in [0.1, 0.15) is 30.9 Å². The van der Waals surface area contributed by atoms with Crippen LogP contribution >= 0.6 is 8.07 Å². The van der Waals surface area contributed by atoms with Gasteiger partial charge >= 0.3 is 0 Å². The van der Waals surface area contributed by atoms with Gasteiger partial charge in [-0.15, -0.1) is 0 Å². The second-order valence-corrected chi connectivity index (χ2v) is 10.0. The lowest BCUT2D eigenvalue weighted by atomic mass is 10.0. The maximum atomic E-state index is 6.23. The Morgan fingerprint density at radius 2 is 1.37 bits per heavy atom. The summed E-state index contributed by atoms with van der Waals surface area (Å²) < 4.78 is 8.91. The third-order valence-electron chi connectivity index (χ3n) is 5.87. The molecule has 0 saturated carbocycles. The van der Waals surface area contributed by atoms with E-state index in [2.05, 4.69) is 95.7 Å². The number of ether oxygens (including phenoxy) is 1. The van der Waals surface area contributed by atoms with Crippen LogP contribution in [0.3, 0.4) is 0 Å². The third-order valence-corrected chi connectivity index (χ3v) is 8.44. The predicted octanol–water partition coefficient (Wildman–Crippen LogP) is 5.06. The van der Waals surface area contributed by atoms with Crippen LogP contribution in [0.15, 0.2) is 96.0 Å². The van der Waals surface area contributed by atoms with Gasteiger partial charge in [0.1, 0.15) is 12.6 Å². The lowest BCUT2D eigenvalue weighted by molar-refractivity contribution is 0.255. The minimum Gasteiger partial charge on any atom is -0.477 e. The topological polar surface area (TPSA) is 24.8 Å². The van der Waals surface area contributed by atoms with E-state index in [1.807, 2.05) is 0 Å². The van der Waals surface area contributed by atoms with Crippen LogP contribution in [-0.2, 0) is 4.74 Å². The maximum Gasteiger partial charge on any atom is 0.202 e. The first-order valence-corrected chi connectivity index (χ1v) is 12.1. The molecule has 2 heterocycles. The lowest BCUT2D eigenvalue weighted by Crippen LogP contribution is -2.45. The highest BCUT2D eigenvalue weighted by atomic mass is 31.1. The van der Waals surface area contributed by atoms with Crippen LogP contribution in [0.5, 0.6) is 0 Å². The van der Waals surface area contributed by atoms with Crippen LogP contribution < -0.4 is 10.6 Å². The number of nitrogens with zero attached hydrogens (tertiary/aromatic N) is 2. The van der Waals surface area contributed by atoms with E-state index in [4.69, 9.17) is 9.73 Å². The summed E-state index contributed by atoms with van der Waals surface area (Å²) >= 11 is 0. The van der Waals surface area contributed by atoms with E-state index in [0.29, 0.717) is 6.61 Å². The zero-order valence-electron chi connectivity index (χ0n) is 17.1. The third kappa shape index (κ3) is 4.05. The van der Waals surface area contributed by atoms with E-state index in [1.54, 1.807) is 0 Å². The van der Waals surface area contributed by atoms with E-state index in [1.165, 1.54) is 29.0 Å². The van der Waals surface area contributed by atoms with Crippen molar-refractivity contribution in [1.82, 2.24) is 4.67 Å². The SMILES string of the molecule is c1ccc([C@@H]2COC([C@H]3CCCCN3P(c3ccccc3)c3ccccc3)=N2)cc1. The minimum atomic E-state index is -0.620. The highest BCUT2D eigenvalue weighted by Crippen LogP contribution is 2.44. The predicted molar refractivity (Wildman–Crippen MR) is 126 cm³/mol. The summed E-state index contributed by atoms with van der Waals surface area (Å²) in [5.74, 6) is 0.933. The summed E-state index contributed by atoms with van der Waals surface area (Å²) in [4.78, 5) is 5.07. The molecule has 0 aliphatic carbocycles. The Labute approximate surface area is 180 Å².